The van der Waals surface area contributed by atoms with Crippen LogP contribution in [0.4, 0.5) is 0 Å². The third-order valence-corrected chi connectivity index (χ3v) is 4.35. The molecule has 0 bridgehead atoms. The Morgan fingerprint density at radius 1 is 1.35 bits per heavy atom. The average molecular weight is 275 g/mol. The van der Waals surface area contributed by atoms with Gasteiger partial charge in [-0.3, -0.25) is 4.68 Å². The van der Waals surface area contributed by atoms with E-state index < -0.39 is 11.5 Å². The average Bonchev–Trinajstić information content (AvgIpc) is 2.80. The third-order valence-electron chi connectivity index (χ3n) is 4.35. The van der Waals surface area contributed by atoms with Crippen molar-refractivity contribution in [1.82, 2.24) is 9.78 Å². The Labute approximate surface area is 121 Å². The maximum atomic E-state index is 10.9. The molecule has 4 nitrogen and oxygen atoms in total. The van der Waals surface area contributed by atoms with E-state index in [9.17, 15) is 10.4 Å². The Hall–Kier alpha value is -1.34. The smallest absolute Gasteiger partial charge is 0.101 e. The van der Waals surface area contributed by atoms with Gasteiger partial charge in [0.2, 0.25) is 0 Å². The van der Waals surface area contributed by atoms with Crippen LogP contribution in [0.25, 0.3) is 0 Å². The fraction of sp³-hybridized carbons (Fsp3) is 0.750. The highest BCUT2D eigenvalue weighted by Crippen LogP contribution is 2.47. The van der Waals surface area contributed by atoms with Crippen LogP contribution in [0.3, 0.4) is 0 Å². The molecule has 1 N–H and O–H groups in total. The van der Waals surface area contributed by atoms with E-state index in [2.05, 4.69) is 31.9 Å². The minimum Gasteiger partial charge on any atom is -0.387 e. The molecule has 1 aromatic rings. The monoisotopic (exact) mass is 275 g/mol. The zero-order valence-electron chi connectivity index (χ0n) is 13.0. The number of aryl methyl sites for hydroxylation is 1. The predicted octanol–water partition coefficient (Wildman–Crippen LogP) is 3.23. The molecular formula is C16H25N3O. The molecule has 1 aliphatic rings. The molecule has 0 amide bonds. The van der Waals surface area contributed by atoms with E-state index in [4.69, 9.17) is 0 Å². The Morgan fingerprint density at radius 3 is 2.45 bits per heavy atom. The molecule has 0 aliphatic heterocycles. The number of hydrogen-bond acceptors (Lipinski definition) is 3. The Balaban J connectivity index is 2.43. The molecule has 1 saturated carbocycles. The summed E-state index contributed by atoms with van der Waals surface area (Å²) in [4.78, 5) is 0. The molecule has 1 unspecified atom stereocenters. The van der Waals surface area contributed by atoms with Crippen LogP contribution in [0, 0.1) is 16.7 Å². The van der Waals surface area contributed by atoms with E-state index >= 15 is 0 Å². The second-order valence-electron chi connectivity index (χ2n) is 7.09. The van der Waals surface area contributed by atoms with Crippen LogP contribution in [0.5, 0.6) is 0 Å². The summed E-state index contributed by atoms with van der Waals surface area (Å²) in [6.07, 6.45) is 5.90. The van der Waals surface area contributed by atoms with E-state index in [0.29, 0.717) is 0 Å². The van der Waals surface area contributed by atoms with Crippen molar-refractivity contribution >= 4 is 0 Å². The lowest BCUT2D eigenvalue weighted by atomic mass is 9.68. The van der Waals surface area contributed by atoms with Gasteiger partial charge in [0.1, 0.15) is 6.10 Å². The normalized spacial score (nSPS) is 20.4. The summed E-state index contributed by atoms with van der Waals surface area (Å²) in [6, 6.07) is 2.42. The third kappa shape index (κ3) is 2.60. The van der Waals surface area contributed by atoms with Crippen molar-refractivity contribution in [1.29, 1.82) is 5.26 Å². The van der Waals surface area contributed by atoms with Crippen molar-refractivity contribution in [3.8, 4) is 6.07 Å². The van der Waals surface area contributed by atoms with Crippen molar-refractivity contribution in [2.75, 3.05) is 0 Å². The molecule has 110 valence electrons. The maximum absolute atomic E-state index is 10.9. The minimum atomic E-state index is -0.740. The number of nitriles is 1. The van der Waals surface area contributed by atoms with Crippen molar-refractivity contribution in [3.63, 3.8) is 0 Å². The molecule has 0 spiro atoms. The Bertz CT molecular complexity index is 513. The molecule has 0 radical (unpaired) electrons. The van der Waals surface area contributed by atoms with Gasteiger partial charge >= 0.3 is 0 Å². The Morgan fingerprint density at radius 2 is 1.95 bits per heavy atom. The van der Waals surface area contributed by atoms with Crippen LogP contribution in [0.15, 0.2) is 6.20 Å². The van der Waals surface area contributed by atoms with Gasteiger partial charge < -0.3 is 5.11 Å². The van der Waals surface area contributed by atoms with Gasteiger partial charge in [0, 0.05) is 24.2 Å². The molecule has 0 saturated heterocycles. The molecule has 1 atom stereocenters. The number of aliphatic hydroxyl groups is 1. The topological polar surface area (TPSA) is 61.8 Å². The lowest BCUT2D eigenvalue weighted by Crippen LogP contribution is -2.31. The van der Waals surface area contributed by atoms with Gasteiger partial charge in [0.25, 0.3) is 0 Å². The minimum absolute atomic E-state index is 0.136. The Kier molecular flexibility index (Phi) is 3.93. The van der Waals surface area contributed by atoms with Crippen molar-refractivity contribution < 1.29 is 5.11 Å². The van der Waals surface area contributed by atoms with Gasteiger partial charge in [-0.25, -0.2) is 0 Å². The second kappa shape index (κ2) is 5.21. The highest BCUT2D eigenvalue weighted by molar-refractivity contribution is 5.30. The number of aliphatic hydroxyl groups excluding tert-OH is 1. The van der Waals surface area contributed by atoms with Gasteiger partial charge in [-0.15, -0.1) is 0 Å². The van der Waals surface area contributed by atoms with Gasteiger partial charge in [-0.1, -0.05) is 40.0 Å². The van der Waals surface area contributed by atoms with Crippen LogP contribution < -0.4 is 0 Å². The summed E-state index contributed by atoms with van der Waals surface area (Å²) in [5, 5.41) is 25.0. The van der Waals surface area contributed by atoms with E-state index in [1.54, 1.807) is 4.68 Å². The van der Waals surface area contributed by atoms with E-state index in [0.717, 1.165) is 43.4 Å². The quantitative estimate of drug-likeness (QED) is 0.901. The SMILES string of the molecule is Cn1cc(C(O)C2(C#N)CCCCC2)c(C(C)(C)C)n1. The summed E-state index contributed by atoms with van der Waals surface area (Å²) < 4.78 is 1.74. The summed E-state index contributed by atoms with van der Waals surface area (Å²) in [7, 11) is 1.87. The molecule has 20 heavy (non-hydrogen) atoms. The first kappa shape index (κ1) is 15.1. The molecule has 1 fully saturated rings. The maximum Gasteiger partial charge on any atom is 0.101 e. The van der Waals surface area contributed by atoms with Crippen LogP contribution >= 0.6 is 0 Å². The first-order chi connectivity index (χ1) is 9.30. The number of rotatable bonds is 2. The van der Waals surface area contributed by atoms with E-state index in [-0.39, 0.29) is 5.41 Å². The van der Waals surface area contributed by atoms with Crippen molar-refractivity contribution in [3.05, 3.63) is 17.5 Å². The summed E-state index contributed by atoms with van der Waals surface area (Å²) in [6.45, 7) is 6.27. The summed E-state index contributed by atoms with van der Waals surface area (Å²) in [5.74, 6) is 0. The molecule has 0 aromatic carbocycles. The second-order valence-corrected chi connectivity index (χ2v) is 7.09. The molecule has 4 heteroatoms. The fourth-order valence-corrected chi connectivity index (χ4v) is 3.22. The standard InChI is InChI=1S/C16H25N3O/c1-15(2,3)13-12(10-19(4)18-13)14(20)16(11-17)8-6-5-7-9-16/h10,14,20H,5-9H2,1-4H3. The van der Waals surface area contributed by atoms with Crippen LogP contribution in [-0.4, -0.2) is 14.9 Å². The number of aromatic nitrogens is 2. The zero-order chi connectivity index (χ0) is 15.0. The van der Waals surface area contributed by atoms with Gasteiger partial charge in [0.05, 0.1) is 17.2 Å². The largest absolute Gasteiger partial charge is 0.387 e. The lowest BCUT2D eigenvalue weighted by molar-refractivity contribution is 0.0347. The van der Waals surface area contributed by atoms with E-state index in [1.807, 2.05) is 13.2 Å². The van der Waals surface area contributed by atoms with Crippen LogP contribution in [0.1, 0.15) is 70.2 Å². The highest BCUT2D eigenvalue weighted by Gasteiger charge is 2.42. The lowest BCUT2D eigenvalue weighted by Gasteiger charge is -2.35. The first-order valence-corrected chi connectivity index (χ1v) is 7.43. The van der Waals surface area contributed by atoms with E-state index in [1.165, 1.54) is 0 Å². The van der Waals surface area contributed by atoms with Crippen molar-refractivity contribution in [2.24, 2.45) is 12.5 Å². The molecular weight excluding hydrogens is 250 g/mol. The number of nitrogens with zero attached hydrogens (tertiary/aromatic N) is 3. The van der Waals surface area contributed by atoms with Crippen LogP contribution in [-0.2, 0) is 12.5 Å². The fourth-order valence-electron chi connectivity index (χ4n) is 3.22. The predicted molar refractivity (Wildman–Crippen MR) is 78.0 cm³/mol. The molecule has 2 rings (SSSR count). The molecule has 1 aliphatic carbocycles. The van der Waals surface area contributed by atoms with Gasteiger partial charge in [-0.2, -0.15) is 10.4 Å². The summed E-state index contributed by atoms with van der Waals surface area (Å²) in [5.41, 5.74) is 0.945. The summed E-state index contributed by atoms with van der Waals surface area (Å²) >= 11 is 0. The number of hydrogen-bond donors (Lipinski definition) is 1. The molecule has 1 aromatic heterocycles. The van der Waals surface area contributed by atoms with Crippen molar-refractivity contribution in [2.45, 2.75) is 64.4 Å². The van der Waals surface area contributed by atoms with Gasteiger partial charge in [-0.05, 0) is 12.8 Å². The van der Waals surface area contributed by atoms with Crippen LogP contribution in [0.2, 0.25) is 0 Å². The zero-order valence-corrected chi connectivity index (χ0v) is 13.0. The first-order valence-electron chi connectivity index (χ1n) is 7.43. The highest BCUT2D eigenvalue weighted by atomic mass is 16.3. The van der Waals surface area contributed by atoms with Gasteiger partial charge in [0.15, 0.2) is 0 Å². The molecule has 1 heterocycles.